The molecule has 0 heterocycles. The van der Waals surface area contributed by atoms with Crippen LogP contribution >= 0.6 is 0 Å². The molecule has 0 saturated heterocycles. The monoisotopic (exact) mass is 236 g/mol. The number of methoxy groups -OCH3 is 2. The molecule has 3 N–H and O–H groups in total. The van der Waals surface area contributed by atoms with Crippen molar-refractivity contribution in [2.75, 3.05) is 27.4 Å². The Balaban J connectivity index is 3.89. The molecule has 0 aromatic heterocycles. The number of nitrogens with one attached hydrogen (secondary N) is 1. The molecule has 7 heteroatoms. The van der Waals surface area contributed by atoms with Gasteiger partial charge in [-0.1, -0.05) is 0 Å². The second kappa shape index (κ2) is 7.63. The maximum atomic E-state index is 10.4. The highest BCUT2D eigenvalue weighted by atomic mass is 28.2. The van der Waals surface area contributed by atoms with Gasteiger partial charge >= 0.3 is 6.03 Å². The number of ether oxygens (including phenoxy) is 2. The van der Waals surface area contributed by atoms with E-state index in [4.69, 9.17) is 19.6 Å². The minimum Gasteiger partial charge on any atom is -0.422 e. The van der Waals surface area contributed by atoms with Gasteiger partial charge in [-0.3, -0.25) is 0 Å². The van der Waals surface area contributed by atoms with Crippen molar-refractivity contribution in [2.24, 2.45) is 5.73 Å². The van der Waals surface area contributed by atoms with Crippen molar-refractivity contribution in [1.29, 1.82) is 0 Å². The molecule has 0 atom stereocenters. The first-order valence-corrected chi connectivity index (χ1v) is 5.54. The number of hydrogen-bond donors (Lipinski definition) is 2. The summed E-state index contributed by atoms with van der Waals surface area (Å²) in [5, 5.41) is 2.50. The standard InChI is InChI=1S/C8H20N2O4Si/c1-12-8(13-2,6-14-15)4-3-5-10-7(9)11/h3-6H2,1-2,15H3,(H3,9,10,11). The molecule has 0 spiro atoms. The van der Waals surface area contributed by atoms with Crippen LogP contribution < -0.4 is 11.1 Å². The van der Waals surface area contributed by atoms with Crippen LogP contribution in [0.1, 0.15) is 12.8 Å². The highest BCUT2D eigenvalue weighted by Crippen LogP contribution is 2.18. The van der Waals surface area contributed by atoms with Crippen molar-refractivity contribution in [3.8, 4) is 0 Å². The summed E-state index contributed by atoms with van der Waals surface area (Å²) in [5.74, 6) is -0.707. The molecule has 0 aliphatic heterocycles. The van der Waals surface area contributed by atoms with E-state index in [-0.39, 0.29) is 0 Å². The van der Waals surface area contributed by atoms with Crippen LogP contribution in [-0.2, 0) is 13.9 Å². The summed E-state index contributed by atoms with van der Waals surface area (Å²) < 4.78 is 15.7. The molecule has 0 bridgehead atoms. The van der Waals surface area contributed by atoms with Gasteiger partial charge in [-0.25, -0.2) is 4.79 Å². The van der Waals surface area contributed by atoms with Gasteiger partial charge in [0.2, 0.25) is 0 Å². The lowest BCUT2D eigenvalue weighted by Crippen LogP contribution is -2.40. The van der Waals surface area contributed by atoms with Crippen molar-refractivity contribution in [3.05, 3.63) is 0 Å². The van der Waals surface area contributed by atoms with Gasteiger partial charge in [-0.2, -0.15) is 0 Å². The molecule has 0 fully saturated rings. The van der Waals surface area contributed by atoms with E-state index in [9.17, 15) is 4.79 Å². The number of rotatable bonds is 8. The maximum Gasteiger partial charge on any atom is 0.312 e. The lowest BCUT2D eigenvalue weighted by atomic mass is 10.1. The lowest BCUT2D eigenvalue weighted by Gasteiger charge is -2.30. The zero-order valence-electron chi connectivity index (χ0n) is 9.54. The van der Waals surface area contributed by atoms with E-state index in [1.807, 2.05) is 0 Å². The van der Waals surface area contributed by atoms with E-state index in [0.29, 0.717) is 30.1 Å². The maximum absolute atomic E-state index is 10.4. The van der Waals surface area contributed by atoms with Crippen LogP contribution in [-0.4, -0.2) is 49.7 Å². The Kier molecular flexibility index (Phi) is 7.31. The highest BCUT2D eigenvalue weighted by molar-refractivity contribution is 5.97. The van der Waals surface area contributed by atoms with Crippen molar-refractivity contribution in [3.63, 3.8) is 0 Å². The van der Waals surface area contributed by atoms with Crippen molar-refractivity contribution < 1.29 is 18.7 Å². The van der Waals surface area contributed by atoms with E-state index in [0.717, 1.165) is 6.42 Å². The van der Waals surface area contributed by atoms with Gasteiger partial charge in [-0.15, -0.1) is 0 Å². The Morgan fingerprint density at radius 1 is 1.47 bits per heavy atom. The molecule has 0 saturated carbocycles. The first-order chi connectivity index (χ1) is 7.10. The zero-order valence-corrected chi connectivity index (χ0v) is 11.5. The van der Waals surface area contributed by atoms with E-state index < -0.39 is 11.8 Å². The molecule has 2 amide bonds. The minimum absolute atomic E-state index is 0.406. The van der Waals surface area contributed by atoms with E-state index in [1.165, 1.54) is 0 Å². The second-order valence-corrected chi connectivity index (χ2v) is 3.72. The van der Waals surface area contributed by atoms with Crippen LogP contribution in [0.4, 0.5) is 4.79 Å². The van der Waals surface area contributed by atoms with Crippen LogP contribution in [0.2, 0.25) is 0 Å². The Morgan fingerprint density at radius 3 is 2.47 bits per heavy atom. The third kappa shape index (κ3) is 5.73. The Bertz CT molecular complexity index is 187. The fourth-order valence-electron chi connectivity index (χ4n) is 1.27. The number of amides is 2. The van der Waals surface area contributed by atoms with Crippen LogP contribution in [0.25, 0.3) is 0 Å². The largest absolute Gasteiger partial charge is 0.422 e. The minimum atomic E-state index is -0.707. The summed E-state index contributed by atoms with van der Waals surface area (Å²) >= 11 is 0. The average molecular weight is 236 g/mol. The van der Waals surface area contributed by atoms with Crippen molar-refractivity contribution in [2.45, 2.75) is 18.6 Å². The van der Waals surface area contributed by atoms with E-state index in [1.54, 1.807) is 14.2 Å². The number of primary amides is 1. The van der Waals surface area contributed by atoms with Gasteiger partial charge in [0.1, 0.15) is 10.5 Å². The van der Waals surface area contributed by atoms with E-state index >= 15 is 0 Å². The third-order valence-electron chi connectivity index (χ3n) is 2.14. The Hall–Kier alpha value is -0.633. The quantitative estimate of drug-likeness (QED) is 0.312. The molecule has 0 aliphatic rings. The Labute approximate surface area is 93.0 Å². The van der Waals surface area contributed by atoms with Crippen LogP contribution in [0, 0.1) is 0 Å². The van der Waals surface area contributed by atoms with Crippen LogP contribution in [0.5, 0.6) is 0 Å². The summed E-state index contributed by atoms with van der Waals surface area (Å²) in [6.45, 7) is 0.910. The normalized spacial score (nSPS) is 11.6. The number of urea groups is 1. The van der Waals surface area contributed by atoms with Crippen molar-refractivity contribution in [1.82, 2.24) is 5.32 Å². The summed E-state index contributed by atoms with van der Waals surface area (Å²) in [4.78, 5) is 10.4. The average Bonchev–Trinajstić information content (AvgIpc) is 2.22. The van der Waals surface area contributed by atoms with Crippen LogP contribution in [0.15, 0.2) is 0 Å². The van der Waals surface area contributed by atoms with Crippen LogP contribution in [0.3, 0.4) is 0 Å². The molecule has 0 radical (unpaired) electrons. The zero-order chi connectivity index (χ0) is 11.7. The molecule has 0 aliphatic carbocycles. The molecule has 0 rings (SSSR count). The van der Waals surface area contributed by atoms with E-state index in [2.05, 4.69) is 5.32 Å². The molecule has 0 aromatic carbocycles. The highest BCUT2D eigenvalue weighted by Gasteiger charge is 2.28. The summed E-state index contributed by atoms with van der Waals surface area (Å²) in [6, 6.07) is -0.519. The number of nitrogens with two attached hydrogens (primary N) is 1. The van der Waals surface area contributed by atoms with Gasteiger partial charge in [0.05, 0.1) is 6.61 Å². The molecular weight excluding hydrogens is 216 g/mol. The first kappa shape index (κ1) is 14.4. The molecule has 90 valence electrons. The molecular formula is C8H20N2O4Si. The van der Waals surface area contributed by atoms with Gasteiger partial charge in [-0.05, 0) is 6.42 Å². The van der Waals surface area contributed by atoms with Gasteiger partial charge < -0.3 is 25.0 Å². The van der Waals surface area contributed by atoms with Gasteiger partial charge in [0.15, 0.2) is 5.79 Å². The fourth-order valence-corrected chi connectivity index (χ4v) is 1.71. The second-order valence-electron chi connectivity index (χ2n) is 3.15. The molecule has 15 heavy (non-hydrogen) atoms. The molecule has 0 unspecified atom stereocenters. The molecule has 0 aromatic rings. The van der Waals surface area contributed by atoms with Crippen molar-refractivity contribution >= 4 is 16.5 Å². The molecule has 6 nitrogen and oxygen atoms in total. The fraction of sp³-hybridized carbons (Fsp3) is 0.875. The third-order valence-corrected chi connectivity index (χ3v) is 2.43. The summed E-state index contributed by atoms with van der Waals surface area (Å²) in [5.41, 5.74) is 4.93. The topological polar surface area (TPSA) is 82.8 Å². The smallest absolute Gasteiger partial charge is 0.312 e. The summed E-state index contributed by atoms with van der Waals surface area (Å²) in [7, 11) is 3.79. The predicted octanol–water partition coefficient (Wildman–Crippen LogP) is -1.28. The number of carbonyl (C=O) groups excluding carboxylic acids is 1. The lowest BCUT2D eigenvalue weighted by molar-refractivity contribution is -0.226. The van der Waals surface area contributed by atoms with Gasteiger partial charge in [0, 0.05) is 27.2 Å². The van der Waals surface area contributed by atoms with Gasteiger partial charge in [0.25, 0.3) is 0 Å². The number of hydrogen-bond acceptors (Lipinski definition) is 4. The first-order valence-electron chi connectivity index (χ1n) is 4.73. The predicted molar refractivity (Wildman–Crippen MR) is 59.5 cm³/mol. The number of carbonyl (C=O) groups is 1. The Morgan fingerprint density at radius 2 is 2.07 bits per heavy atom. The SMILES string of the molecule is COC(CCCNC(N)=O)(CO[SiH3])OC. The summed E-state index contributed by atoms with van der Waals surface area (Å²) in [6.07, 6.45) is 1.36.